The minimum absolute atomic E-state index is 0.0989. The summed E-state index contributed by atoms with van der Waals surface area (Å²) in [6, 6.07) is -0.0989. The molecule has 1 saturated heterocycles. The lowest BCUT2D eigenvalue weighted by Crippen LogP contribution is -2.51. The minimum Gasteiger partial charge on any atom is -0.436 e. The first kappa shape index (κ1) is 13.0. The highest BCUT2D eigenvalue weighted by molar-refractivity contribution is 5.92. The van der Waals surface area contributed by atoms with Gasteiger partial charge in [-0.3, -0.25) is 4.79 Å². The first-order valence-corrected chi connectivity index (χ1v) is 6.09. The van der Waals surface area contributed by atoms with E-state index < -0.39 is 0 Å². The maximum atomic E-state index is 12.3. The van der Waals surface area contributed by atoms with Crippen LogP contribution in [-0.4, -0.2) is 47.6 Å². The van der Waals surface area contributed by atoms with E-state index in [0.29, 0.717) is 37.0 Å². The maximum Gasteiger partial charge on any atom is 0.291 e. The summed E-state index contributed by atoms with van der Waals surface area (Å²) in [7, 11) is 0. The summed E-state index contributed by atoms with van der Waals surface area (Å²) in [4.78, 5) is 18.1. The second-order valence-corrected chi connectivity index (χ2v) is 4.67. The van der Waals surface area contributed by atoms with E-state index >= 15 is 0 Å². The van der Waals surface area contributed by atoms with Gasteiger partial charge in [0.15, 0.2) is 5.89 Å². The van der Waals surface area contributed by atoms with Crippen LogP contribution in [0.2, 0.25) is 0 Å². The number of aryl methyl sites for hydroxylation is 2. The van der Waals surface area contributed by atoms with Crippen LogP contribution < -0.4 is 5.73 Å². The van der Waals surface area contributed by atoms with Gasteiger partial charge in [0, 0.05) is 26.1 Å². The molecule has 1 amide bonds. The molecule has 0 aliphatic carbocycles. The van der Waals surface area contributed by atoms with E-state index in [2.05, 4.69) is 4.98 Å². The molecule has 0 bridgehead atoms. The van der Waals surface area contributed by atoms with Crippen molar-refractivity contribution in [1.29, 1.82) is 0 Å². The molecule has 0 radical (unpaired) electrons. The van der Waals surface area contributed by atoms with Gasteiger partial charge in [-0.15, -0.1) is 0 Å². The molecule has 2 N–H and O–H groups in total. The fourth-order valence-corrected chi connectivity index (χ4v) is 2.05. The number of aromatic nitrogens is 1. The Morgan fingerprint density at radius 3 is 2.83 bits per heavy atom. The van der Waals surface area contributed by atoms with Crippen molar-refractivity contribution in [3.63, 3.8) is 0 Å². The number of hydrogen-bond donors (Lipinski definition) is 1. The number of rotatable bonds is 2. The van der Waals surface area contributed by atoms with Crippen molar-refractivity contribution in [1.82, 2.24) is 9.88 Å². The van der Waals surface area contributed by atoms with Crippen LogP contribution in [0.1, 0.15) is 29.1 Å². The van der Waals surface area contributed by atoms with Crippen LogP contribution in [0.15, 0.2) is 4.42 Å². The summed E-state index contributed by atoms with van der Waals surface area (Å²) in [5, 5.41) is 0. The fraction of sp³-hybridized carbons (Fsp3) is 0.667. The number of nitrogens with two attached hydrogens (primary N) is 1. The van der Waals surface area contributed by atoms with Crippen molar-refractivity contribution in [2.24, 2.45) is 5.73 Å². The molecule has 2 atom stereocenters. The molecular formula is C12H19N3O3. The third kappa shape index (κ3) is 2.54. The van der Waals surface area contributed by atoms with Gasteiger partial charge in [0.2, 0.25) is 5.76 Å². The predicted molar refractivity (Wildman–Crippen MR) is 65.3 cm³/mol. The van der Waals surface area contributed by atoms with E-state index in [-0.39, 0.29) is 18.1 Å². The molecule has 1 fully saturated rings. The number of carbonyl (C=O) groups is 1. The smallest absolute Gasteiger partial charge is 0.291 e. The largest absolute Gasteiger partial charge is 0.436 e. The van der Waals surface area contributed by atoms with Crippen LogP contribution in [0.4, 0.5) is 0 Å². The van der Waals surface area contributed by atoms with Crippen molar-refractivity contribution in [2.45, 2.75) is 32.9 Å². The molecule has 100 valence electrons. The molecule has 6 heteroatoms. The molecule has 1 aromatic heterocycles. The zero-order chi connectivity index (χ0) is 13.3. The molecule has 0 aromatic carbocycles. The van der Waals surface area contributed by atoms with Crippen molar-refractivity contribution in [2.75, 3.05) is 19.7 Å². The third-order valence-electron chi connectivity index (χ3n) is 3.06. The van der Waals surface area contributed by atoms with Gasteiger partial charge in [-0.2, -0.15) is 0 Å². The second-order valence-electron chi connectivity index (χ2n) is 4.67. The van der Waals surface area contributed by atoms with E-state index in [4.69, 9.17) is 14.9 Å². The fourth-order valence-electron chi connectivity index (χ4n) is 2.05. The Kier molecular flexibility index (Phi) is 3.68. The summed E-state index contributed by atoms with van der Waals surface area (Å²) in [6.07, 6.45) is -0.118. The number of nitrogens with zero attached hydrogens (tertiary/aromatic N) is 2. The Bertz CT molecular complexity index is 442. The monoisotopic (exact) mass is 253 g/mol. The molecule has 2 heterocycles. The van der Waals surface area contributed by atoms with E-state index in [1.165, 1.54) is 0 Å². The number of carbonyl (C=O) groups excluding carboxylic acids is 1. The van der Waals surface area contributed by atoms with Crippen molar-refractivity contribution >= 4 is 5.91 Å². The highest BCUT2D eigenvalue weighted by Crippen LogP contribution is 2.15. The SMILES string of the molecule is Cc1nc(C)c(C(=O)N2CCOC(C(C)N)C2)o1. The van der Waals surface area contributed by atoms with E-state index in [1.54, 1.807) is 18.7 Å². The summed E-state index contributed by atoms with van der Waals surface area (Å²) in [5.74, 6) is 0.688. The molecule has 18 heavy (non-hydrogen) atoms. The van der Waals surface area contributed by atoms with Crippen LogP contribution in [0.5, 0.6) is 0 Å². The maximum absolute atomic E-state index is 12.3. The molecule has 6 nitrogen and oxygen atoms in total. The standard InChI is InChI=1S/C12H19N3O3/c1-7(13)10-6-15(4-5-17-10)12(16)11-8(2)14-9(3)18-11/h7,10H,4-6,13H2,1-3H3. The van der Waals surface area contributed by atoms with Gasteiger partial charge >= 0.3 is 0 Å². The van der Waals surface area contributed by atoms with Crippen LogP contribution in [-0.2, 0) is 4.74 Å². The van der Waals surface area contributed by atoms with Gasteiger partial charge in [-0.1, -0.05) is 0 Å². The van der Waals surface area contributed by atoms with Crippen molar-refractivity contribution in [3.8, 4) is 0 Å². The lowest BCUT2D eigenvalue weighted by atomic mass is 10.1. The van der Waals surface area contributed by atoms with Crippen LogP contribution in [0.3, 0.4) is 0 Å². The average molecular weight is 253 g/mol. The number of ether oxygens (including phenoxy) is 1. The van der Waals surface area contributed by atoms with Crippen molar-refractivity contribution in [3.05, 3.63) is 17.3 Å². The first-order valence-electron chi connectivity index (χ1n) is 6.09. The van der Waals surface area contributed by atoms with Gasteiger partial charge in [-0.25, -0.2) is 4.98 Å². The minimum atomic E-state index is -0.137. The molecule has 2 rings (SSSR count). The Labute approximate surface area is 106 Å². The summed E-state index contributed by atoms with van der Waals surface area (Å²) in [6.45, 7) is 6.94. The topological polar surface area (TPSA) is 81.6 Å². The van der Waals surface area contributed by atoms with E-state index in [9.17, 15) is 4.79 Å². The summed E-state index contributed by atoms with van der Waals surface area (Å²) < 4.78 is 10.9. The molecule has 0 spiro atoms. The molecule has 1 aromatic rings. The van der Waals surface area contributed by atoms with E-state index in [0.717, 1.165) is 0 Å². The van der Waals surface area contributed by atoms with Gasteiger partial charge in [0.1, 0.15) is 0 Å². The zero-order valence-electron chi connectivity index (χ0n) is 11.0. The van der Waals surface area contributed by atoms with Crippen LogP contribution in [0.25, 0.3) is 0 Å². The summed E-state index contributed by atoms with van der Waals surface area (Å²) >= 11 is 0. The molecule has 1 aliphatic heterocycles. The average Bonchev–Trinajstić information content (AvgIpc) is 2.67. The number of hydrogen-bond acceptors (Lipinski definition) is 5. The van der Waals surface area contributed by atoms with Gasteiger partial charge in [-0.05, 0) is 13.8 Å². The third-order valence-corrected chi connectivity index (χ3v) is 3.06. The van der Waals surface area contributed by atoms with Gasteiger partial charge in [0.05, 0.1) is 18.4 Å². The van der Waals surface area contributed by atoms with Gasteiger partial charge < -0.3 is 19.8 Å². The van der Waals surface area contributed by atoms with Crippen LogP contribution in [0, 0.1) is 13.8 Å². The molecule has 2 unspecified atom stereocenters. The second kappa shape index (κ2) is 5.07. The zero-order valence-corrected chi connectivity index (χ0v) is 11.0. The lowest BCUT2D eigenvalue weighted by Gasteiger charge is -2.34. The first-order chi connectivity index (χ1) is 8.49. The summed E-state index contributed by atoms with van der Waals surface area (Å²) in [5.41, 5.74) is 6.43. The number of oxazole rings is 1. The Morgan fingerprint density at radius 2 is 2.28 bits per heavy atom. The van der Waals surface area contributed by atoms with E-state index in [1.807, 2.05) is 6.92 Å². The number of morpholine rings is 1. The van der Waals surface area contributed by atoms with Crippen LogP contribution >= 0.6 is 0 Å². The highest BCUT2D eigenvalue weighted by atomic mass is 16.5. The normalized spacial score (nSPS) is 22.0. The number of amides is 1. The molecule has 1 aliphatic rings. The molecular weight excluding hydrogens is 234 g/mol. The predicted octanol–water partition coefficient (Wildman–Crippen LogP) is 0.480. The van der Waals surface area contributed by atoms with Gasteiger partial charge in [0.25, 0.3) is 5.91 Å². The quantitative estimate of drug-likeness (QED) is 0.829. The van der Waals surface area contributed by atoms with Crippen molar-refractivity contribution < 1.29 is 13.9 Å². The Hall–Kier alpha value is -1.40. The Balaban J connectivity index is 2.11. The lowest BCUT2D eigenvalue weighted by molar-refractivity contribution is -0.0309. The highest BCUT2D eigenvalue weighted by Gasteiger charge is 2.29. The Morgan fingerprint density at radius 1 is 1.56 bits per heavy atom. The molecule has 0 saturated carbocycles.